The second-order valence-electron chi connectivity index (χ2n) is 16.9. The highest BCUT2D eigenvalue weighted by molar-refractivity contribution is 7.90. The van der Waals surface area contributed by atoms with Crippen LogP contribution in [0.3, 0.4) is 0 Å². The maximum Gasteiger partial charge on any atom is 0.293 e. The number of amides is 1. The van der Waals surface area contributed by atoms with Gasteiger partial charge < -0.3 is 25.4 Å². The van der Waals surface area contributed by atoms with Gasteiger partial charge >= 0.3 is 0 Å². The van der Waals surface area contributed by atoms with E-state index in [1.54, 1.807) is 24.1 Å². The van der Waals surface area contributed by atoms with E-state index in [9.17, 15) is 28.4 Å². The number of piperazine rings is 1. The number of anilines is 3. The minimum Gasteiger partial charge on any atom is -0.455 e. The minimum atomic E-state index is -4.61. The van der Waals surface area contributed by atoms with Gasteiger partial charge in [-0.25, -0.2) is 18.1 Å². The molecule has 61 heavy (non-hydrogen) atoms. The molecule has 2 fully saturated rings. The van der Waals surface area contributed by atoms with E-state index in [0.717, 1.165) is 55.7 Å². The van der Waals surface area contributed by atoms with E-state index >= 15 is 0 Å². The molecule has 3 aliphatic rings. The highest BCUT2D eigenvalue weighted by Crippen LogP contribution is 2.44. The molecule has 17 heteroatoms. The van der Waals surface area contributed by atoms with Gasteiger partial charge in [0.15, 0.2) is 0 Å². The number of nitro benzene ring substituents is 1. The lowest BCUT2D eigenvalue weighted by atomic mass is 9.72. The molecule has 7 rings (SSSR count). The third kappa shape index (κ3) is 10.4. The standard InChI is InChI=1S/C44H51Cl2N7O7S/c1-44(2)17-16-29(37(25-44)28-4-6-30(45)7-5-28)27-51-18-20-52(21-19-51)32-10-14-36(41(22-32)60-34-23-38(46)42(47)48-26-34)43(55)49-61(58,59)35-13-15-39(40(24-35)53(56)57)50(3)31-8-11-33(54)12-9-31/h4-7,10,13-15,22-24,26,31,33,54H,8-9,11-12,16-21,25,27H2,1-3H3,(H2,47,48)(H,49,55)/t31-,33-. The van der Waals surface area contributed by atoms with Gasteiger partial charge in [0.05, 0.1) is 32.7 Å². The summed E-state index contributed by atoms with van der Waals surface area (Å²) in [4.78, 5) is 35.4. The number of nitrogens with zero attached hydrogens (tertiary/aromatic N) is 5. The van der Waals surface area contributed by atoms with E-state index in [4.69, 9.17) is 33.7 Å². The van der Waals surface area contributed by atoms with Gasteiger partial charge in [-0.3, -0.25) is 19.8 Å². The summed E-state index contributed by atoms with van der Waals surface area (Å²) in [6.45, 7) is 8.47. The van der Waals surface area contributed by atoms with Crippen molar-refractivity contribution in [3.63, 3.8) is 0 Å². The fraction of sp³-hybridized carbons (Fsp3) is 0.409. The number of carbonyl (C=O) groups is 1. The monoisotopic (exact) mass is 891 g/mol. The van der Waals surface area contributed by atoms with E-state index in [-0.39, 0.29) is 45.0 Å². The number of aromatic nitrogens is 1. The number of nitrogens with one attached hydrogen (secondary N) is 1. The summed E-state index contributed by atoms with van der Waals surface area (Å²) in [7, 11) is -2.89. The van der Waals surface area contributed by atoms with Crippen LogP contribution in [0, 0.1) is 15.5 Å². The van der Waals surface area contributed by atoms with Crippen molar-refractivity contribution in [2.45, 2.75) is 75.8 Å². The number of rotatable bonds is 12. The molecule has 1 aliphatic heterocycles. The van der Waals surface area contributed by atoms with Gasteiger partial charge in [-0.2, -0.15) is 0 Å². The van der Waals surface area contributed by atoms with Gasteiger partial charge in [-0.05, 0) is 97.9 Å². The maximum atomic E-state index is 13.9. The summed E-state index contributed by atoms with van der Waals surface area (Å²) < 4.78 is 35.6. The van der Waals surface area contributed by atoms with Crippen molar-refractivity contribution in [1.29, 1.82) is 0 Å². The molecular formula is C44H51Cl2N7O7S. The first-order valence-electron chi connectivity index (χ1n) is 20.4. The van der Waals surface area contributed by atoms with Crippen molar-refractivity contribution >= 4 is 67.6 Å². The molecular weight excluding hydrogens is 841 g/mol. The molecule has 1 saturated carbocycles. The number of allylic oxidation sites excluding steroid dienone is 1. The molecule has 0 atom stereocenters. The van der Waals surface area contributed by atoms with Crippen LogP contribution in [0.15, 0.2) is 83.4 Å². The van der Waals surface area contributed by atoms with Crippen molar-refractivity contribution < 1.29 is 28.0 Å². The quantitative estimate of drug-likeness (QED) is 0.0915. The molecule has 0 unspecified atom stereocenters. The highest BCUT2D eigenvalue weighted by atomic mass is 35.5. The van der Waals surface area contributed by atoms with E-state index in [1.807, 2.05) is 12.1 Å². The third-order valence-electron chi connectivity index (χ3n) is 12.1. The molecule has 4 aromatic rings. The summed E-state index contributed by atoms with van der Waals surface area (Å²) in [5, 5.41) is 23.0. The zero-order valence-electron chi connectivity index (χ0n) is 34.4. The Hall–Kier alpha value is -4.93. The molecule has 3 aromatic carbocycles. The smallest absolute Gasteiger partial charge is 0.293 e. The lowest BCUT2D eigenvalue weighted by Gasteiger charge is -2.39. The number of nitrogens with two attached hydrogens (primary N) is 1. The van der Waals surface area contributed by atoms with Crippen molar-refractivity contribution in [1.82, 2.24) is 14.6 Å². The molecule has 1 amide bonds. The fourth-order valence-electron chi connectivity index (χ4n) is 8.48. The van der Waals surface area contributed by atoms with E-state index < -0.39 is 37.5 Å². The van der Waals surface area contributed by atoms with Crippen LogP contribution in [0.4, 0.5) is 22.9 Å². The SMILES string of the molecule is CN(c1ccc(S(=O)(=O)NC(=O)c2ccc(N3CCN(CC4=C(c5ccc(Cl)cc5)CC(C)(C)CC4)CC3)cc2Oc2cnc(N)c(Cl)c2)cc1[N+](=O)[O-])[C@H]1CC[C@H](O)CC1. The van der Waals surface area contributed by atoms with Crippen molar-refractivity contribution in [2.24, 2.45) is 5.41 Å². The Kier molecular flexibility index (Phi) is 13.2. The number of ether oxygens (including phenoxy) is 1. The lowest BCUT2D eigenvalue weighted by Crippen LogP contribution is -2.47. The third-order valence-corrected chi connectivity index (χ3v) is 14.0. The maximum absolute atomic E-state index is 13.9. The molecule has 2 aliphatic carbocycles. The average Bonchev–Trinajstić information content (AvgIpc) is 3.23. The van der Waals surface area contributed by atoms with Gasteiger partial charge in [-0.15, -0.1) is 0 Å². The molecule has 1 saturated heterocycles. The average molecular weight is 893 g/mol. The lowest BCUT2D eigenvalue weighted by molar-refractivity contribution is -0.384. The van der Waals surface area contributed by atoms with Crippen molar-refractivity contribution in [3.05, 3.63) is 110 Å². The Bertz CT molecular complexity index is 2430. The van der Waals surface area contributed by atoms with Crippen LogP contribution in [-0.2, 0) is 10.0 Å². The number of nitrogen functional groups attached to an aromatic ring is 1. The molecule has 324 valence electrons. The van der Waals surface area contributed by atoms with Crippen molar-refractivity contribution in [3.8, 4) is 11.5 Å². The topological polar surface area (TPSA) is 184 Å². The number of carbonyl (C=O) groups excluding carboxylic acids is 1. The Morgan fingerprint density at radius 3 is 2.41 bits per heavy atom. The summed E-state index contributed by atoms with van der Waals surface area (Å²) in [6, 6.07) is 17.9. The van der Waals surface area contributed by atoms with Gasteiger partial charge in [0.1, 0.15) is 23.0 Å². The first kappa shape index (κ1) is 44.1. The number of pyridine rings is 1. The molecule has 14 nitrogen and oxygen atoms in total. The zero-order valence-corrected chi connectivity index (χ0v) is 36.8. The Morgan fingerprint density at radius 2 is 1.74 bits per heavy atom. The van der Waals surface area contributed by atoms with Crippen LogP contribution < -0.4 is 25.0 Å². The molecule has 0 spiro atoms. The van der Waals surface area contributed by atoms with Crippen LogP contribution in [0.2, 0.25) is 10.0 Å². The molecule has 2 heterocycles. The second-order valence-corrected chi connectivity index (χ2v) is 19.5. The molecule has 0 bridgehead atoms. The number of aliphatic hydroxyl groups is 1. The molecule has 1 aromatic heterocycles. The van der Waals surface area contributed by atoms with E-state index in [2.05, 4.69) is 45.5 Å². The largest absolute Gasteiger partial charge is 0.455 e. The fourth-order valence-corrected chi connectivity index (χ4v) is 9.75. The van der Waals surface area contributed by atoms with Crippen LogP contribution >= 0.6 is 23.2 Å². The van der Waals surface area contributed by atoms with Gasteiger partial charge in [0.2, 0.25) is 0 Å². The number of aliphatic hydroxyl groups excluding tert-OH is 1. The van der Waals surface area contributed by atoms with Crippen LogP contribution in [-0.4, -0.2) is 86.2 Å². The zero-order chi connectivity index (χ0) is 43.6. The predicted molar refractivity (Wildman–Crippen MR) is 239 cm³/mol. The Morgan fingerprint density at radius 1 is 1.03 bits per heavy atom. The summed E-state index contributed by atoms with van der Waals surface area (Å²) in [5.74, 6) is -0.716. The minimum absolute atomic E-state index is 0.0402. The predicted octanol–water partition coefficient (Wildman–Crippen LogP) is 8.32. The first-order valence-corrected chi connectivity index (χ1v) is 22.6. The van der Waals surface area contributed by atoms with E-state index in [1.165, 1.54) is 47.2 Å². The van der Waals surface area contributed by atoms with Gasteiger partial charge in [-0.1, -0.05) is 54.8 Å². The Balaban J connectivity index is 1.10. The van der Waals surface area contributed by atoms with Gasteiger partial charge in [0.25, 0.3) is 21.6 Å². The number of nitro groups is 1. The number of sulfonamides is 1. The normalized spacial score (nSPS) is 19.7. The number of hydrogen-bond acceptors (Lipinski definition) is 12. The number of benzene rings is 3. The summed E-state index contributed by atoms with van der Waals surface area (Å²) >= 11 is 12.5. The van der Waals surface area contributed by atoms with Crippen LogP contribution in [0.25, 0.3) is 5.57 Å². The highest BCUT2D eigenvalue weighted by Gasteiger charge is 2.32. The van der Waals surface area contributed by atoms with Crippen LogP contribution in [0.5, 0.6) is 11.5 Å². The van der Waals surface area contributed by atoms with Gasteiger partial charge in [0, 0.05) is 74.7 Å². The number of halogens is 2. The second kappa shape index (κ2) is 18.2. The number of hydrogen-bond donors (Lipinski definition) is 3. The Labute approximate surface area is 366 Å². The molecule has 4 N–H and O–H groups in total. The van der Waals surface area contributed by atoms with E-state index in [0.29, 0.717) is 38.8 Å². The van der Waals surface area contributed by atoms with Crippen molar-refractivity contribution in [2.75, 3.05) is 55.3 Å². The summed E-state index contributed by atoms with van der Waals surface area (Å²) in [6.07, 6.45) is 6.48. The first-order chi connectivity index (χ1) is 29.0. The van der Waals surface area contributed by atoms with Crippen LogP contribution in [0.1, 0.15) is 74.7 Å². The molecule has 0 radical (unpaired) electrons. The summed E-state index contributed by atoms with van der Waals surface area (Å²) in [5.41, 5.74) is 10.6.